The Morgan fingerprint density at radius 1 is 1.00 bits per heavy atom. The molecule has 29 heavy (non-hydrogen) atoms. The molecule has 1 N–H and O–H groups in total. The molecule has 4 rings (SSSR count). The van der Waals surface area contributed by atoms with E-state index in [0.717, 1.165) is 22.4 Å². The van der Waals surface area contributed by atoms with Gasteiger partial charge in [-0.3, -0.25) is 4.79 Å². The van der Waals surface area contributed by atoms with Crippen molar-refractivity contribution in [3.05, 3.63) is 87.4 Å². The zero-order valence-corrected chi connectivity index (χ0v) is 17.1. The first kappa shape index (κ1) is 19.4. The molecule has 3 aromatic carbocycles. The maximum absolute atomic E-state index is 12.3. The molecular weight excluding hydrogens is 409 g/mol. The minimum absolute atomic E-state index is 0.122. The molecule has 0 aliphatic carbocycles. The molecule has 0 saturated carbocycles. The number of ether oxygens (including phenoxy) is 2. The number of fused-ring (bicyclic) bond motifs is 1. The van der Waals surface area contributed by atoms with E-state index in [0.29, 0.717) is 27.1 Å². The van der Waals surface area contributed by atoms with Gasteiger partial charge in [-0.1, -0.05) is 53.5 Å². The molecule has 146 valence electrons. The van der Waals surface area contributed by atoms with Crippen LogP contribution in [0.15, 0.2) is 60.7 Å². The summed E-state index contributed by atoms with van der Waals surface area (Å²) < 4.78 is 11.4. The number of amides is 1. The summed E-state index contributed by atoms with van der Waals surface area (Å²) in [5.41, 5.74) is 3.97. The van der Waals surface area contributed by atoms with Gasteiger partial charge in [-0.15, -0.1) is 0 Å². The minimum Gasteiger partial charge on any atom is -0.493 e. The first-order valence-electron chi connectivity index (χ1n) is 8.92. The highest BCUT2D eigenvalue weighted by Crippen LogP contribution is 2.35. The fourth-order valence-electron chi connectivity index (χ4n) is 3.14. The Hall–Kier alpha value is -2.95. The zero-order chi connectivity index (χ0) is 20.4. The van der Waals surface area contributed by atoms with Gasteiger partial charge in [0.05, 0.1) is 7.11 Å². The monoisotopic (exact) mass is 425 g/mol. The number of halogens is 2. The van der Waals surface area contributed by atoms with Gasteiger partial charge < -0.3 is 14.8 Å². The lowest BCUT2D eigenvalue weighted by atomic mass is 10.0. The lowest BCUT2D eigenvalue weighted by Crippen LogP contribution is -2.03. The van der Waals surface area contributed by atoms with E-state index >= 15 is 0 Å². The molecule has 1 aliphatic rings. The average molecular weight is 426 g/mol. The fourth-order valence-corrected chi connectivity index (χ4v) is 3.60. The van der Waals surface area contributed by atoms with Crippen molar-refractivity contribution in [2.75, 3.05) is 12.4 Å². The van der Waals surface area contributed by atoms with Crippen LogP contribution in [0, 0.1) is 0 Å². The molecule has 1 heterocycles. The number of rotatable bonds is 5. The molecule has 0 aromatic heterocycles. The van der Waals surface area contributed by atoms with Crippen LogP contribution >= 0.6 is 23.2 Å². The van der Waals surface area contributed by atoms with Crippen LogP contribution in [0.2, 0.25) is 10.0 Å². The number of nitrogens with one attached hydrogen (secondary N) is 1. The van der Waals surface area contributed by atoms with Gasteiger partial charge in [0.25, 0.3) is 5.91 Å². The third-order valence-corrected chi connectivity index (χ3v) is 5.19. The Balaban J connectivity index is 1.58. The zero-order valence-electron chi connectivity index (χ0n) is 15.5. The Labute approximate surface area is 178 Å². The molecule has 0 radical (unpaired) electrons. The normalized spacial score (nSPS) is 13.9. The van der Waals surface area contributed by atoms with Gasteiger partial charge in [-0.25, -0.2) is 0 Å². The van der Waals surface area contributed by atoms with Crippen LogP contribution in [-0.4, -0.2) is 13.0 Å². The lowest BCUT2D eigenvalue weighted by Gasteiger charge is -2.12. The number of benzene rings is 3. The molecular formula is C23H17Cl2NO3. The van der Waals surface area contributed by atoms with Crippen LogP contribution in [0.4, 0.5) is 5.69 Å². The van der Waals surface area contributed by atoms with Crippen LogP contribution in [0.1, 0.15) is 16.7 Å². The smallest absolute Gasteiger partial charge is 0.256 e. The predicted octanol–water partition coefficient (Wildman–Crippen LogP) is 6.07. The summed E-state index contributed by atoms with van der Waals surface area (Å²) in [6.45, 7) is 0.280. The van der Waals surface area contributed by atoms with Crippen LogP contribution in [0.3, 0.4) is 0 Å². The van der Waals surface area contributed by atoms with E-state index < -0.39 is 0 Å². The second kappa shape index (κ2) is 8.19. The maximum atomic E-state index is 12.3. The largest absolute Gasteiger partial charge is 0.493 e. The molecule has 0 bridgehead atoms. The highest BCUT2D eigenvalue weighted by molar-refractivity contribution is 6.35. The second-order valence-corrected chi connectivity index (χ2v) is 7.34. The van der Waals surface area contributed by atoms with E-state index in [-0.39, 0.29) is 12.5 Å². The summed E-state index contributed by atoms with van der Waals surface area (Å²) in [6.07, 6.45) is 1.84. The van der Waals surface area contributed by atoms with Crippen molar-refractivity contribution in [1.29, 1.82) is 0 Å². The number of hydrogen-bond donors (Lipinski definition) is 1. The first-order valence-corrected chi connectivity index (χ1v) is 9.68. The summed E-state index contributed by atoms with van der Waals surface area (Å²) >= 11 is 12.1. The van der Waals surface area contributed by atoms with Gasteiger partial charge in [-0.2, -0.15) is 0 Å². The number of hydrogen-bond acceptors (Lipinski definition) is 3. The topological polar surface area (TPSA) is 47.6 Å². The van der Waals surface area contributed by atoms with Crippen molar-refractivity contribution in [1.82, 2.24) is 0 Å². The molecule has 3 aromatic rings. The quantitative estimate of drug-likeness (QED) is 0.504. The summed E-state index contributed by atoms with van der Waals surface area (Å²) in [6, 6.07) is 18.4. The SMILES string of the molecule is COc1cc(/C=C2/C(=O)Nc3ccccc32)ccc1OCc1ccc(Cl)cc1Cl. The number of carbonyl (C=O) groups is 1. The standard InChI is InChI=1S/C23H17Cl2NO3/c1-28-22-11-14(10-18-17-4-2-3-5-20(17)26-23(18)27)6-9-21(22)29-13-15-7-8-16(24)12-19(15)25/h2-12H,13H2,1H3,(H,26,27)/b18-10+. The average Bonchev–Trinajstić information content (AvgIpc) is 3.03. The molecule has 0 unspecified atom stereocenters. The van der Waals surface area contributed by atoms with Crippen molar-refractivity contribution in [2.24, 2.45) is 0 Å². The second-order valence-electron chi connectivity index (χ2n) is 6.49. The summed E-state index contributed by atoms with van der Waals surface area (Å²) in [5, 5.41) is 3.99. The minimum atomic E-state index is -0.122. The Kier molecular flexibility index (Phi) is 5.47. The highest BCUT2D eigenvalue weighted by Gasteiger charge is 2.23. The van der Waals surface area contributed by atoms with E-state index in [1.54, 1.807) is 19.2 Å². The van der Waals surface area contributed by atoms with Gasteiger partial charge in [0.15, 0.2) is 11.5 Å². The van der Waals surface area contributed by atoms with Crippen molar-refractivity contribution in [3.8, 4) is 11.5 Å². The third kappa shape index (κ3) is 4.09. The predicted molar refractivity (Wildman–Crippen MR) is 117 cm³/mol. The van der Waals surface area contributed by atoms with Gasteiger partial charge in [0.1, 0.15) is 6.61 Å². The fraction of sp³-hybridized carbons (Fsp3) is 0.0870. The third-order valence-electron chi connectivity index (χ3n) is 4.61. The van der Waals surface area contributed by atoms with Crippen molar-refractivity contribution in [3.63, 3.8) is 0 Å². The van der Waals surface area contributed by atoms with E-state index in [1.807, 2.05) is 54.6 Å². The summed E-state index contributed by atoms with van der Waals surface area (Å²) in [4.78, 5) is 12.3. The number of para-hydroxylation sites is 1. The van der Waals surface area contributed by atoms with E-state index in [2.05, 4.69) is 5.32 Å². The van der Waals surface area contributed by atoms with E-state index in [4.69, 9.17) is 32.7 Å². The summed E-state index contributed by atoms with van der Waals surface area (Å²) in [7, 11) is 1.58. The first-order chi connectivity index (χ1) is 14.0. The summed E-state index contributed by atoms with van der Waals surface area (Å²) in [5.74, 6) is 1.02. The van der Waals surface area contributed by atoms with Gasteiger partial charge in [0.2, 0.25) is 0 Å². The molecule has 6 heteroatoms. The lowest BCUT2D eigenvalue weighted by molar-refractivity contribution is -0.110. The Bertz CT molecular complexity index is 1120. The molecule has 0 saturated heterocycles. The highest BCUT2D eigenvalue weighted by atomic mass is 35.5. The van der Waals surface area contributed by atoms with Crippen molar-refractivity contribution in [2.45, 2.75) is 6.61 Å². The molecule has 0 fully saturated rings. The van der Waals surface area contributed by atoms with Crippen molar-refractivity contribution < 1.29 is 14.3 Å². The van der Waals surface area contributed by atoms with Crippen LogP contribution in [-0.2, 0) is 11.4 Å². The Morgan fingerprint density at radius 2 is 1.83 bits per heavy atom. The molecule has 0 atom stereocenters. The maximum Gasteiger partial charge on any atom is 0.256 e. The van der Waals surface area contributed by atoms with Gasteiger partial charge >= 0.3 is 0 Å². The molecule has 0 spiro atoms. The number of anilines is 1. The molecule has 1 aliphatic heterocycles. The van der Waals surface area contributed by atoms with Crippen molar-refractivity contribution >= 4 is 46.4 Å². The Morgan fingerprint density at radius 3 is 2.62 bits per heavy atom. The van der Waals surface area contributed by atoms with E-state index in [9.17, 15) is 4.79 Å². The van der Waals surface area contributed by atoms with Gasteiger partial charge in [-0.05, 0) is 42.0 Å². The molecule has 4 nitrogen and oxygen atoms in total. The van der Waals surface area contributed by atoms with Crippen LogP contribution in [0.5, 0.6) is 11.5 Å². The van der Waals surface area contributed by atoms with Crippen LogP contribution < -0.4 is 14.8 Å². The van der Waals surface area contributed by atoms with Crippen LogP contribution in [0.25, 0.3) is 11.6 Å². The number of carbonyl (C=O) groups excluding carboxylic acids is 1. The van der Waals surface area contributed by atoms with E-state index in [1.165, 1.54) is 0 Å². The number of methoxy groups -OCH3 is 1. The van der Waals surface area contributed by atoms with Gasteiger partial charge in [0, 0.05) is 32.4 Å². The molecule has 1 amide bonds.